The van der Waals surface area contributed by atoms with Crippen molar-refractivity contribution in [1.82, 2.24) is 5.32 Å². The molecular weight excluding hydrogens is 172 g/mol. The maximum atomic E-state index is 3.48. The molecule has 2 heteroatoms. The molecule has 1 aromatic rings. The molecule has 0 bridgehead atoms. The van der Waals surface area contributed by atoms with E-state index in [1.165, 1.54) is 31.7 Å². The van der Waals surface area contributed by atoms with Gasteiger partial charge in [0.15, 0.2) is 0 Å². The molecule has 0 unspecified atom stereocenters. The molecule has 1 N–H and O–H groups in total. The van der Waals surface area contributed by atoms with Crippen molar-refractivity contribution >= 4 is 5.69 Å². The molecule has 2 heterocycles. The van der Waals surface area contributed by atoms with Gasteiger partial charge < -0.3 is 10.2 Å². The van der Waals surface area contributed by atoms with Crippen LogP contribution in [0, 0.1) is 5.92 Å². The minimum atomic E-state index is 0.748. The Labute approximate surface area is 84.9 Å². The van der Waals surface area contributed by atoms with E-state index in [1.54, 1.807) is 0 Å². The number of anilines is 1. The van der Waals surface area contributed by atoms with E-state index in [-0.39, 0.29) is 0 Å². The van der Waals surface area contributed by atoms with Crippen molar-refractivity contribution in [2.24, 2.45) is 5.92 Å². The molecule has 14 heavy (non-hydrogen) atoms. The van der Waals surface area contributed by atoms with Gasteiger partial charge >= 0.3 is 0 Å². The molecule has 0 aromatic heterocycles. The summed E-state index contributed by atoms with van der Waals surface area (Å²) in [6.45, 7) is 3.62. The van der Waals surface area contributed by atoms with E-state index in [0.717, 1.165) is 12.0 Å². The van der Waals surface area contributed by atoms with Crippen molar-refractivity contribution in [3.8, 4) is 0 Å². The normalized spacial score (nSPS) is 30.7. The van der Waals surface area contributed by atoms with E-state index >= 15 is 0 Å². The molecule has 0 radical (unpaired) electrons. The van der Waals surface area contributed by atoms with Gasteiger partial charge in [-0.3, -0.25) is 0 Å². The molecule has 74 valence electrons. The highest BCUT2D eigenvalue weighted by Gasteiger charge is 2.37. The number of fused-ring (bicyclic) bond motifs is 1. The van der Waals surface area contributed by atoms with Crippen LogP contribution in [0.15, 0.2) is 30.3 Å². The van der Waals surface area contributed by atoms with Gasteiger partial charge in [0.25, 0.3) is 0 Å². The molecule has 2 saturated heterocycles. The second-order valence-corrected chi connectivity index (χ2v) is 4.30. The van der Waals surface area contributed by atoms with Gasteiger partial charge in [-0.05, 0) is 24.5 Å². The molecule has 1 aromatic carbocycles. The number of hydrogen-bond donors (Lipinski definition) is 1. The molecule has 2 nitrogen and oxygen atoms in total. The van der Waals surface area contributed by atoms with E-state index in [0.29, 0.717) is 0 Å². The van der Waals surface area contributed by atoms with E-state index in [9.17, 15) is 0 Å². The highest BCUT2D eigenvalue weighted by Crippen LogP contribution is 2.31. The number of nitrogens with zero attached hydrogens (tertiary/aromatic N) is 1. The third kappa shape index (κ3) is 1.22. The Morgan fingerprint density at radius 1 is 1.14 bits per heavy atom. The van der Waals surface area contributed by atoms with Crippen LogP contribution in [-0.2, 0) is 0 Å². The lowest BCUT2D eigenvalue weighted by Crippen LogP contribution is -2.33. The van der Waals surface area contributed by atoms with Gasteiger partial charge in [0, 0.05) is 31.4 Å². The Hall–Kier alpha value is -1.02. The van der Waals surface area contributed by atoms with Gasteiger partial charge in [0.1, 0.15) is 0 Å². The summed E-state index contributed by atoms with van der Waals surface area (Å²) < 4.78 is 0. The van der Waals surface area contributed by atoms with Crippen LogP contribution in [0.5, 0.6) is 0 Å². The molecule has 0 amide bonds. The molecule has 2 fully saturated rings. The number of para-hydroxylation sites is 1. The van der Waals surface area contributed by atoms with Crippen LogP contribution >= 0.6 is 0 Å². The van der Waals surface area contributed by atoms with E-state index in [2.05, 4.69) is 40.5 Å². The summed E-state index contributed by atoms with van der Waals surface area (Å²) in [7, 11) is 0. The molecule has 3 rings (SSSR count). The molecular formula is C12H16N2. The number of rotatable bonds is 1. The topological polar surface area (TPSA) is 15.3 Å². The van der Waals surface area contributed by atoms with Crippen LogP contribution in [0.2, 0.25) is 0 Å². The molecule has 2 aliphatic rings. The van der Waals surface area contributed by atoms with Crippen LogP contribution in [0.25, 0.3) is 0 Å². The van der Waals surface area contributed by atoms with Crippen molar-refractivity contribution in [2.45, 2.75) is 12.5 Å². The van der Waals surface area contributed by atoms with Gasteiger partial charge in [0.05, 0.1) is 0 Å². The fourth-order valence-corrected chi connectivity index (χ4v) is 2.79. The predicted octanol–water partition coefficient (Wildman–Crippen LogP) is 1.48. The summed E-state index contributed by atoms with van der Waals surface area (Å²) in [6.07, 6.45) is 1.35. The quantitative estimate of drug-likeness (QED) is 0.718. The summed E-state index contributed by atoms with van der Waals surface area (Å²) in [5, 5.41) is 3.48. The molecule has 0 spiro atoms. The predicted molar refractivity (Wildman–Crippen MR) is 58.6 cm³/mol. The van der Waals surface area contributed by atoms with Gasteiger partial charge in [-0.2, -0.15) is 0 Å². The zero-order valence-corrected chi connectivity index (χ0v) is 8.32. The largest absolute Gasteiger partial charge is 0.367 e. The lowest BCUT2D eigenvalue weighted by Gasteiger charge is -2.25. The van der Waals surface area contributed by atoms with Crippen LogP contribution in [0.4, 0.5) is 5.69 Å². The average molecular weight is 188 g/mol. The second-order valence-electron chi connectivity index (χ2n) is 4.30. The summed E-state index contributed by atoms with van der Waals surface area (Å²) in [5.74, 6) is 0.884. The molecule has 2 aliphatic heterocycles. The third-order valence-electron chi connectivity index (χ3n) is 3.53. The van der Waals surface area contributed by atoms with Gasteiger partial charge in [-0.15, -0.1) is 0 Å². The fourth-order valence-electron chi connectivity index (χ4n) is 2.79. The Morgan fingerprint density at radius 3 is 2.86 bits per heavy atom. The standard InChI is InChI=1S/C12H16N2/c1-2-4-11(5-3-1)14-7-6-10-8-13-9-12(10)14/h1-5,10,12-13H,6-9H2/t10-,12-/m1/s1. The first-order valence-corrected chi connectivity index (χ1v) is 5.47. The zero-order valence-electron chi connectivity index (χ0n) is 8.32. The van der Waals surface area contributed by atoms with Crippen molar-refractivity contribution in [3.05, 3.63) is 30.3 Å². The first-order valence-electron chi connectivity index (χ1n) is 5.47. The second kappa shape index (κ2) is 3.28. The molecule has 0 saturated carbocycles. The van der Waals surface area contributed by atoms with Crippen LogP contribution in [0.1, 0.15) is 6.42 Å². The first-order chi connectivity index (χ1) is 6.95. The molecule has 0 aliphatic carbocycles. The lowest BCUT2D eigenvalue weighted by atomic mass is 10.1. The van der Waals surface area contributed by atoms with Crippen molar-refractivity contribution in [1.29, 1.82) is 0 Å². The van der Waals surface area contributed by atoms with E-state index in [4.69, 9.17) is 0 Å². The Balaban J connectivity index is 1.86. The van der Waals surface area contributed by atoms with E-state index in [1.807, 2.05) is 0 Å². The summed E-state index contributed by atoms with van der Waals surface area (Å²) >= 11 is 0. The fraction of sp³-hybridized carbons (Fsp3) is 0.500. The smallest absolute Gasteiger partial charge is 0.0455 e. The van der Waals surface area contributed by atoms with Crippen LogP contribution < -0.4 is 10.2 Å². The molecule has 2 atom stereocenters. The van der Waals surface area contributed by atoms with Crippen molar-refractivity contribution < 1.29 is 0 Å². The maximum Gasteiger partial charge on any atom is 0.0455 e. The number of hydrogen-bond acceptors (Lipinski definition) is 2. The van der Waals surface area contributed by atoms with Gasteiger partial charge in [-0.1, -0.05) is 18.2 Å². The maximum absolute atomic E-state index is 3.48. The Bertz CT molecular complexity index is 309. The van der Waals surface area contributed by atoms with Gasteiger partial charge in [-0.25, -0.2) is 0 Å². The van der Waals surface area contributed by atoms with Crippen molar-refractivity contribution in [3.63, 3.8) is 0 Å². The summed E-state index contributed by atoms with van der Waals surface area (Å²) in [5.41, 5.74) is 1.39. The zero-order chi connectivity index (χ0) is 9.38. The third-order valence-corrected chi connectivity index (χ3v) is 3.53. The first kappa shape index (κ1) is 8.30. The Morgan fingerprint density at radius 2 is 2.00 bits per heavy atom. The van der Waals surface area contributed by atoms with E-state index < -0.39 is 0 Å². The SMILES string of the molecule is c1ccc(N2CC[C@@H]3CNC[C@H]32)cc1. The summed E-state index contributed by atoms with van der Waals surface area (Å²) in [4.78, 5) is 2.56. The van der Waals surface area contributed by atoms with Crippen molar-refractivity contribution in [2.75, 3.05) is 24.5 Å². The minimum Gasteiger partial charge on any atom is -0.367 e. The average Bonchev–Trinajstić information content (AvgIpc) is 2.79. The van der Waals surface area contributed by atoms with Crippen LogP contribution in [0.3, 0.4) is 0 Å². The monoisotopic (exact) mass is 188 g/mol. The lowest BCUT2D eigenvalue weighted by molar-refractivity contribution is 0.579. The highest BCUT2D eigenvalue weighted by molar-refractivity contribution is 5.48. The van der Waals surface area contributed by atoms with Crippen LogP contribution in [-0.4, -0.2) is 25.7 Å². The minimum absolute atomic E-state index is 0.748. The van der Waals surface area contributed by atoms with Gasteiger partial charge in [0.2, 0.25) is 0 Å². The number of benzene rings is 1. The Kier molecular flexibility index (Phi) is 1.95. The highest BCUT2D eigenvalue weighted by atomic mass is 15.2. The number of nitrogens with one attached hydrogen (secondary N) is 1. The summed E-state index contributed by atoms with van der Waals surface area (Å²) in [6, 6.07) is 11.5.